The highest BCUT2D eigenvalue weighted by atomic mass is 16.3. The van der Waals surface area contributed by atoms with E-state index in [0.29, 0.717) is 12.8 Å². The van der Waals surface area contributed by atoms with E-state index < -0.39 is 0 Å². The summed E-state index contributed by atoms with van der Waals surface area (Å²) in [5.74, 6) is 0.209. The third-order valence-corrected chi connectivity index (χ3v) is 2.99. The van der Waals surface area contributed by atoms with Crippen LogP contribution in [-0.4, -0.2) is 34.6 Å². The van der Waals surface area contributed by atoms with Gasteiger partial charge in [0.05, 0.1) is 0 Å². The van der Waals surface area contributed by atoms with E-state index in [1.165, 1.54) is 0 Å². The lowest BCUT2D eigenvalue weighted by Gasteiger charge is -2.37. The van der Waals surface area contributed by atoms with E-state index in [0.717, 1.165) is 19.4 Å². The van der Waals surface area contributed by atoms with Crippen molar-refractivity contribution < 1.29 is 9.90 Å². The van der Waals surface area contributed by atoms with E-state index in [1.54, 1.807) is 0 Å². The maximum absolute atomic E-state index is 12.2. The van der Waals surface area contributed by atoms with Gasteiger partial charge in [0.25, 0.3) is 0 Å². The quantitative estimate of drug-likeness (QED) is 0.742. The summed E-state index contributed by atoms with van der Waals surface area (Å²) in [5.41, 5.74) is 0.121. The van der Waals surface area contributed by atoms with E-state index in [4.69, 9.17) is 5.11 Å². The number of aliphatic hydroxyl groups is 1. The zero-order valence-electron chi connectivity index (χ0n) is 13.0. The van der Waals surface area contributed by atoms with Gasteiger partial charge in [-0.15, -0.1) is 0 Å². The van der Waals surface area contributed by atoms with Crippen molar-refractivity contribution in [3.8, 4) is 0 Å². The Morgan fingerprint density at radius 3 is 2.00 bits per heavy atom. The topological polar surface area (TPSA) is 40.5 Å². The Labute approximate surface area is 113 Å². The number of carbonyl (C=O) groups excluding carboxylic acids is 1. The van der Waals surface area contributed by atoms with Crippen LogP contribution in [0.3, 0.4) is 0 Å². The summed E-state index contributed by atoms with van der Waals surface area (Å²) in [5, 5.41) is 8.76. The summed E-state index contributed by atoms with van der Waals surface area (Å²) in [6.07, 6.45) is 3.04. The van der Waals surface area contributed by atoms with Gasteiger partial charge in [-0.25, -0.2) is 0 Å². The van der Waals surface area contributed by atoms with Crippen LogP contribution in [0.5, 0.6) is 0 Å². The molecule has 1 N–H and O–H groups in total. The van der Waals surface area contributed by atoms with Crippen molar-refractivity contribution in [2.24, 2.45) is 5.41 Å². The van der Waals surface area contributed by atoms with Crippen LogP contribution in [0.4, 0.5) is 0 Å². The molecule has 3 nitrogen and oxygen atoms in total. The SMILES string of the molecule is CC(C)(C)CCN(C(=O)CCCCO)C(C)(C)C. The van der Waals surface area contributed by atoms with Crippen molar-refractivity contribution >= 4 is 5.91 Å². The Morgan fingerprint density at radius 1 is 1.06 bits per heavy atom. The van der Waals surface area contributed by atoms with E-state index in [1.807, 2.05) is 4.90 Å². The Morgan fingerprint density at radius 2 is 1.61 bits per heavy atom. The predicted molar refractivity (Wildman–Crippen MR) is 76.5 cm³/mol. The number of unbranched alkanes of at least 4 members (excludes halogenated alkanes) is 1. The van der Waals surface area contributed by atoms with Crippen LogP contribution >= 0.6 is 0 Å². The van der Waals surface area contributed by atoms with E-state index >= 15 is 0 Å². The molecule has 0 aromatic heterocycles. The monoisotopic (exact) mass is 257 g/mol. The highest BCUT2D eigenvalue weighted by Crippen LogP contribution is 2.23. The van der Waals surface area contributed by atoms with Crippen LogP contribution in [0.2, 0.25) is 0 Å². The van der Waals surface area contributed by atoms with Crippen LogP contribution < -0.4 is 0 Å². The molecule has 0 rings (SSSR count). The fourth-order valence-corrected chi connectivity index (χ4v) is 1.80. The van der Waals surface area contributed by atoms with Crippen molar-refractivity contribution in [3.63, 3.8) is 0 Å². The number of amides is 1. The number of aliphatic hydroxyl groups excluding tert-OH is 1. The van der Waals surface area contributed by atoms with Gasteiger partial charge in [-0.3, -0.25) is 4.79 Å². The van der Waals surface area contributed by atoms with Gasteiger partial charge >= 0.3 is 0 Å². The maximum Gasteiger partial charge on any atom is 0.222 e. The molecule has 0 radical (unpaired) electrons. The smallest absolute Gasteiger partial charge is 0.222 e. The first kappa shape index (κ1) is 17.4. The molecule has 0 unspecified atom stereocenters. The zero-order chi connectivity index (χ0) is 14.4. The molecule has 108 valence electrons. The van der Waals surface area contributed by atoms with Gasteiger partial charge < -0.3 is 10.0 Å². The third-order valence-electron chi connectivity index (χ3n) is 2.99. The molecular weight excluding hydrogens is 226 g/mol. The molecule has 0 saturated carbocycles. The summed E-state index contributed by atoms with van der Waals surface area (Å²) in [6, 6.07) is 0. The van der Waals surface area contributed by atoms with Crippen molar-refractivity contribution in [2.45, 2.75) is 72.8 Å². The Balaban J connectivity index is 4.45. The maximum atomic E-state index is 12.2. The van der Waals surface area contributed by atoms with Gasteiger partial charge in [-0.05, 0) is 45.4 Å². The van der Waals surface area contributed by atoms with Gasteiger partial charge in [-0.1, -0.05) is 20.8 Å². The minimum atomic E-state index is -0.123. The lowest BCUT2D eigenvalue weighted by Crippen LogP contribution is -2.46. The second-order valence-electron chi connectivity index (χ2n) is 7.21. The van der Waals surface area contributed by atoms with Gasteiger partial charge in [0.15, 0.2) is 0 Å². The van der Waals surface area contributed by atoms with Crippen molar-refractivity contribution in [2.75, 3.05) is 13.2 Å². The number of hydrogen-bond acceptors (Lipinski definition) is 2. The van der Waals surface area contributed by atoms with Crippen molar-refractivity contribution in [3.05, 3.63) is 0 Å². The molecule has 0 bridgehead atoms. The average Bonchev–Trinajstić information content (AvgIpc) is 2.14. The van der Waals surface area contributed by atoms with E-state index in [2.05, 4.69) is 41.5 Å². The lowest BCUT2D eigenvalue weighted by atomic mass is 9.91. The molecule has 0 spiro atoms. The average molecular weight is 257 g/mol. The molecule has 0 aliphatic rings. The van der Waals surface area contributed by atoms with Gasteiger partial charge in [0, 0.05) is 25.1 Å². The standard InChI is InChI=1S/C15H31NO2/c1-14(2,3)10-11-16(15(4,5)6)13(18)9-7-8-12-17/h17H,7-12H2,1-6H3. The third kappa shape index (κ3) is 7.70. The molecule has 0 aliphatic carbocycles. The minimum absolute atomic E-state index is 0.123. The fourth-order valence-electron chi connectivity index (χ4n) is 1.80. The fraction of sp³-hybridized carbons (Fsp3) is 0.933. The van der Waals surface area contributed by atoms with Gasteiger partial charge in [-0.2, -0.15) is 0 Å². The normalized spacial score (nSPS) is 12.6. The first-order chi connectivity index (χ1) is 8.08. The summed E-state index contributed by atoms with van der Waals surface area (Å²) in [7, 11) is 0. The van der Waals surface area contributed by atoms with Crippen LogP contribution in [0, 0.1) is 5.41 Å². The molecule has 0 aliphatic heterocycles. The molecular formula is C15H31NO2. The van der Waals surface area contributed by atoms with Gasteiger partial charge in [0.1, 0.15) is 0 Å². The molecule has 1 amide bonds. The number of carbonyl (C=O) groups is 1. The second kappa shape index (κ2) is 7.13. The highest BCUT2D eigenvalue weighted by Gasteiger charge is 2.27. The van der Waals surface area contributed by atoms with Gasteiger partial charge in [0.2, 0.25) is 5.91 Å². The summed E-state index contributed by atoms with van der Waals surface area (Å²) < 4.78 is 0. The predicted octanol–water partition coefficient (Wildman–Crippen LogP) is 3.21. The number of rotatable bonds is 6. The first-order valence-corrected chi connectivity index (χ1v) is 6.99. The van der Waals surface area contributed by atoms with Crippen LogP contribution in [-0.2, 0) is 4.79 Å². The summed E-state index contributed by atoms with van der Waals surface area (Å²) in [6.45, 7) is 13.8. The molecule has 3 heteroatoms. The molecule has 0 aromatic rings. The number of nitrogens with zero attached hydrogens (tertiary/aromatic N) is 1. The number of hydrogen-bond donors (Lipinski definition) is 1. The molecule has 0 aromatic carbocycles. The minimum Gasteiger partial charge on any atom is -0.396 e. The Kier molecular flexibility index (Phi) is 6.90. The van der Waals surface area contributed by atoms with Crippen molar-refractivity contribution in [1.29, 1.82) is 0 Å². The second-order valence-corrected chi connectivity index (χ2v) is 7.21. The van der Waals surface area contributed by atoms with Crippen LogP contribution in [0.1, 0.15) is 67.2 Å². The largest absolute Gasteiger partial charge is 0.396 e. The molecule has 18 heavy (non-hydrogen) atoms. The Bertz CT molecular complexity index is 248. The lowest BCUT2D eigenvalue weighted by molar-refractivity contribution is -0.136. The van der Waals surface area contributed by atoms with E-state index in [9.17, 15) is 4.79 Å². The van der Waals surface area contributed by atoms with Crippen LogP contribution in [0.25, 0.3) is 0 Å². The zero-order valence-corrected chi connectivity index (χ0v) is 13.0. The van der Waals surface area contributed by atoms with Crippen LogP contribution in [0.15, 0.2) is 0 Å². The molecule has 0 atom stereocenters. The molecule has 0 fully saturated rings. The molecule has 0 saturated heterocycles. The first-order valence-electron chi connectivity index (χ1n) is 6.99. The summed E-state index contributed by atoms with van der Waals surface area (Å²) >= 11 is 0. The Hall–Kier alpha value is -0.570. The van der Waals surface area contributed by atoms with Crippen molar-refractivity contribution in [1.82, 2.24) is 4.90 Å². The molecule has 0 heterocycles. The highest BCUT2D eigenvalue weighted by molar-refractivity contribution is 5.76. The summed E-state index contributed by atoms with van der Waals surface area (Å²) in [4.78, 5) is 14.2. The van der Waals surface area contributed by atoms with E-state index in [-0.39, 0.29) is 23.5 Å².